The van der Waals surface area contributed by atoms with Crippen molar-refractivity contribution in [3.8, 4) is 5.75 Å². The van der Waals surface area contributed by atoms with Crippen molar-refractivity contribution in [2.75, 3.05) is 26.7 Å². The summed E-state index contributed by atoms with van der Waals surface area (Å²) in [6.45, 7) is 4.00. The fraction of sp³-hybridized carbons (Fsp3) is 0.500. The van der Waals surface area contributed by atoms with Gasteiger partial charge in [0.2, 0.25) is 0 Å². The van der Waals surface area contributed by atoms with Gasteiger partial charge in [0, 0.05) is 19.0 Å². The molecule has 1 N–H and O–H groups in total. The molecule has 0 bridgehead atoms. The first kappa shape index (κ1) is 12.9. The summed E-state index contributed by atoms with van der Waals surface area (Å²) in [5.74, 6) is -0.117. The zero-order chi connectivity index (χ0) is 13.1. The summed E-state index contributed by atoms with van der Waals surface area (Å²) in [7, 11) is 1.96. The van der Waals surface area contributed by atoms with Crippen LogP contribution in [0.15, 0.2) is 24.3 Å². The van der Waals surface area contributed by atoms with Crippen LogP contribution in [-0.4, -0.2) is 42.7 Å². The van der Waals surface area contributed by atoms with E-state index in [1.54, 1.807) is 0 Å². The van der Waals surface area contributed by atoms with Gasteiger partial charge in [0.15, 0.2) is 0 Å². The lowest BCUT2D eigenvalue weighted by atomic mass is 9.89. The third-order valence-electron chi connectivity index (χ3n) is 3.44. The standard InChI is InChI=1S/C14H19NO3/c1-3-18-11-6-4-10(5-7-11)12-8-15(2)9-13(12)14(16)17/h4-7,12-13H,3,8-9H2,1-2H3,(H,16,17)/t12-,13+/m0/s1. The molecule has 1 aromatic carbocycles. The first-order valence-electron chi connectivity index (χ1n) is 6.26. The van der Waals surface area contributed by atoms with Gasteiger partial charge in [-0.05, 0) is 31.7 Å². The minimum Gasteiger partial charge on any atom is -0.494 e. The van der Waals surface area contributed by atoms with Crippen molar-refractivity contribution in [2.24, 2.45) is 5.92 Å². The van der Waals surface area contributed by atoms with Crippen LogP contribution in [0, 0.1) is 5.92 Å². The number of likely N-dealkylation sites (tertiary alicyclic amines) is 1. The molecular weight excluding hydrogens is 230 g/mol. The smallest absolute Gasteiger partial charge is 0.308 e. The van der Waals surface area contributed by atoms with Crippen LogP contribution in [0.5, 0.6) is 5.75 Å². The number of hydrogen-bond acceptors (Lipinski definition) is 3. The zero-order valence-electron chi connectivity index (χ0n) is 10.8. The van der Waals surface area contributed by atoms with Crippen molar-refractivity contribution in [2.45, 2.75) is 12.8 Å². The summed E-state index contributed by atoms with van der Waals surface area (Å²) in [4.78, 5) is 13.3. The van der Waals surface area contributed by atoms with Gasteiger partial charge in [-0.3, -0.25) is 4.79 Å². The monoisotopic (exact) mass is 249 g/mol. The summed E-state index contributed by atoms with van der Waals surface area (Å²) in [6.07, 6.45) is 0. The highest BCUT2D eigenvalue weighted by Gasteiger charge is 2.36. The van der Waals surface area contributed by atoms with E-state index in [0.29, 0.717) is 13.2 Å². The Balaban J connectivity index is 2.16. The van der Waals surface area contributed by atoms with Gasteiger partial charge in [-0.1, -0.05) is 12.1 Å². The van der Waals surface area contributed by atoms with Crippen molar-refractivity contribution < 1.29 is 14.6 Å². The van der Waals surface area contributed by atoms with Gasteiger partial charge < -0.3 is 14.7 Å². The number of carbonyl (C=O) groups is 1. The van der Waals surface area contributed by atoms with Crippen LogP contribution in [0.25, 0.3) is 0 Å². The lowest BCUT2D eigenvalue weighted by molar-refractivity contribution is -0.141. The number of carboxylic acids is 1. The number of aliphatic carboxylic acids is 1. The molecule has 2 rings (SSSR count). The number of hydrogen-bond donors (Lipinski definition) is 1. The number of likely N-dealkylation sites (N-methyl/N-ethyl adjacent to an activating group) is 1. The molecule has 1 heterocycles. The molecule has 98 valence electrons. The average Bonchev–Trinajstić information content (AvgIpc) is 2.73. The molecule has 4 nitrogen and oxygen atoms in total. The summed E-state index contributed by atoms with van der Waals surface area (Å²) >= 11 is 0. The minimum absolute atomic E-state index is 0.0724. The highest BCUT2D eigenvalue weighted by molar-refractivity contribution is 5.72. The van der Waals surface area contributed by atoms with Crippen LogP contribution in [-0.2, 0) is 4.79 Å². The fourth-order valence-electron chi connectivity index (χ4n) is 2.57. The molecule has 1 aromatic rings. The van der Waals surface area contributed by atoms with Gasteiger partial charge in [-0.25, -0.2) is 0 Å². The van der Waals surface area contributed by atoms with Gasteiger partial charge in [-0.15, -0.1) is 0 Å². The topological polar surface area (TPSA) is 49.8 Å². The molecule has 0 radical (unpaired) electrons. The molecule has 0 aromatic heterocycles. The van der Waals surface area contributed by atoms with Crippen molar-refractivity contribution in [3.05, 3.63) is 29.8 Å². The number of benzene rings is 1. The molecule has 2 atom stereocenters. The van der Waals surface area contributed by atoms with Gasteiger partial charge in [0.05, 0.1) is 12.5 Å². The Morgan fingerprint density at radius 3 is 2.61 bits per heavy atom. The molecule has 1 saturated heterocycles. The second-order valence-electron chi connectivity index (χ2n) is 4.77. The van der Waals surface area contributed by atoms with Gasteiger partial charge in [0.25, 0.3) is 0 Å². The molecule has 0 unspecified atom stereocenters. The Kier molecular flexibility index (Phi) is 3.87. The summed E-state index contributed by atoms with van der Waals surface area (Å²) in [6, 6.07) is 7.78. The normalized spacial score (nSPS) is 24.1. The van der Waals surface area contributed by atoms with Crippen LogP contribution in [0.1, 0.15) is 18.4 Å². The lowest BCUT2D eigenvalue weighted by Gasteiger charge is -2.15. The van der Waals surface area contributed by atoms with Crippen LogP contribution < -0.4 is 4.74 Å². The Bertz CT molecular complexity index is 416. The third kappa shape index (κ3) is 2.64. The Morgan fingerprint density at radius 2 is 2.06 bits per heavy atom. The van der Waals surface area contributed by atoms with Gasteiger partial charge >= 0.3 is 5.97 Å². The maximum absolute atomic E-state index is 11.2. The second kappa shape index (κ2) is 5.40. The van der Waals surface area contributed by atoms with E-state index >= 15 is 0 Å². The van der Waals surface area contributed by atoms with Crippen LogP contribution in [0.4, 0.5) is 0 Å². The molecular formula is C14H19NO3. The fourth-order valence-corrected chi connectivity index (χ4v) is 2.57. The molecule has 0 saturated carbocycles. The zero-order valence-corrected chi connectivity index (χ0v) is 10.8. The van der Waals surface area contributed by atoms with Crippen LogP contribution in [0.3, 0.4) is 0 Å². The predicted octanol–water partition coefficient (Wildman–Crippen LogP) is 1.82. The van der Waals surface area contributed by atoms with E-state index in [0.717, 1.165) is 17.9 Å². The quantitative estimate of drug-likeness (QED) is 0.884. The summed E-state index contributed by atoms with van der Waals surface area (Å²) < 4.78 is 5.39. The van der Waals surface area contributed by atoms with Gasteiger partial charge in [-0.2, -0.15) is 0 Å². The van der Waals surface area contributed by atoms with E-state index in [1.165, 1.54) is 0 Å². The van der Waals surface area contributed by atoms with E-state index in [9.17, 15) is 9.90 Å². The van der Waals surface area contributed by atoms with Crippen molar-refractivity contribution in [1.29, 1.82) is 0 Å². The molecule has 0 spiro atoms. The maximum Gasteiger partial charge on any atom is 0.308 e. The lowest BCUT2D eigenvalue weighted by Crippen LogP contribution is -2.21. The molecule has 1 fully saturated rings. The first-order chi connectivity index (χ1) is 8.61. The second-order valence-corrected chi connectivity index (χ2v) is 4.77. The summed E-state index contributed by atoms with van der Waals surface area (Å²) in [5, 5.41) is 9.25. The van der Waals surface area contributed by atoms with E-state index in [-0.39, 0.29) is 11.8 Å². The SMILES string of the molecule is CCOc1ccc([C@@H]2CN(C)C[C@H]2C(=O)O)cc1. The maximum atomic E-state index is 11.2. The van der Waals surface area contributed by atoms with E-state index < -0.39 is 5.97 Å². The van der Waals surface area contributed by atoms with E-state index in [1.807, 2.05) is 38.2 Å². The average molecular weight is 249 g/mol. The Morgan fingerprint density at radius 1 is 1.39 bits per heavy atom. The Labute approximate surface area is 107 Å². The largest absolute Gasteiger partial charge is 0.494 e. The molecule has 1 aliphatic rings. The number of nitrogens with zero attached hydrogens (tertiary/aromatic N) is 1. The van der Waals surface area contributed by atoms with E-state index in [4.69, 9.17) is 4.74 Å². The number of carboxylic acid groups (broad SMARTS) is 1. The van der Waals surface area contributed by atoms with Gasteiger partial charge in [0.1, 0.15) is 5.75 Å². The third-order valence-corrected chi connectivity index (χ3v) is 3.44. The highest BCUT2D eigenvalue weighted by Crippen LogP contribution is 2.32. The van der Waals surface area contributed by atoms with Crippen molar-refractivity contribution in [3.63, 3.8) is 0 Å². The highest BCUT2D eigenvalue weighted by atomic mass is 16.5. The first-order valence-corrected chi connectivity index (χ1v) is 6.26. The molecule has 1 aliphatic heterocycles. The molecule has 18 heavy (non-hydrogen) atoms. The summed E-state index contributed by atoms with van der Waals surface area (Å²) in [5.41, 5.74) is 1.08. The minimum atomic E-state index is -0.710. The van der Waals surface area contributed by atoms with Crippen LogP contribution in [0.2, 0.25) is 0 Å². The molecule has 4 heteroatoms. The molecule has 0 aliphatic carbocycles. The predicted molar refractivity (Wildman–Crippen MR) is 69.0 cm³/mol. The van der Waals surface area contributed by atoms with Crippen molar-refractivity contribution in [1.82, 2.24) is 4.90 Å². The van der Waals surface area contributed by atoms with Crippen LogP contribution >= 0.6 is 0 Å². The Hall–Kier alpha value is -1.55. The van der Waals surface area contributed by atoms with Crippen molar-refractivity contribution >= 4 is 5.97 Å². The number of rotatable bonds is 4. The number of ether oxygens (including phenoxy) is 1. The van der Waals surface area contributed by atoms with E-state index in [2.05, 4.69) is 4.90 Å². The molecule has 0 amide bonds.